The zero-order chi connectivity index (χ0) is 14.1. The van der Waals surface area contributed by atoms with E-state index in [1.807, 2.05) is 31.5 Å². The van der Waals surface area contributed by atoms with Crippen LogP contribution in [0.3, 0.4) is 0 Å². The largest absolute Gasteiger partial charge is 0.234 e. The van der Waals surface area contributed by atoms with E-state index in [1.54, 1.807) is 11.3 Å². The Bertz CT molecular complexity index is 750. The fraction of sp³-hybridized carbons (Fsp3) is 0.133. The topological polar surface area (TPSA) is 38.7 Å². The highest BCUT2D eigenvalue weighted by Gasteiger charge is 2.13. The number of thiazole rings is 1. The third-order valence-corrected chi connectivity index (χ3v) is 4.33. The van der Waals surface area contributed by atoms with Gasteiger partial charge in [0.2, 0.25) is 0 Å². The van der Waals surface area contributed by atoms with Crippen molar-refractivity contribution in [2.75, 3.05) is 0 Å². The van der Waals surface area contributed by atoms with Crippen LogP contribution in [-0.4, -0.2) is 15.0 Å². The van der Waals surface area contributed by atoms with E-state index in [9.17, 15) is 0 Å². The maximum atomic E-state index is 4.69. The molecule has 2 heterocycles. The average Bonchev–Trinajstić information content (AvgIpc) is 2.82. The van der Waals surface area contributed by atoms with Crippen LogP contribution in [0.2, 0.25) is 0 Å². The maximum absolute atomic E-state index is 4.69. The number of aromatic nitrogens is 3. The van der Waals surface area contributed by atoms with E-state index in [4.69, 9.17) is 4.98 Å². The monoisotopic (exact) mass is 345 g/mol. The Labute approximate surface area is 129 Å². The van der Waals surface area contributed by atoms with Crippen LogP contribution in [0.25, 0.3) is 22.1 Å². The molecule has 0 aliphatic rings. The molecule has 3 nitrogen and oxygen atoms in total. The molecule has 0 aliphatic carbocycles. The van der Waals surface area contributed by atoms with E-state index < -0.39 is 0 Å². The van der Waals surface area contributed by atoms with Gasteiger partial charge in [0, 0.05) is 27.3 Å². The van der Waals surface area contributed by atoms with Crippen LogP contribution in [0.15, 0.2) is 41.1 Å². The molecule has 0 unspecified atom stereocenters. The molecule has 3 rings (SSSR count). The molecular formula is C15H12BrN3S. The fourth-order valence-corrected chi connectivity index (χ4v) is 3.18. The lowest BCUT2D eigenvalue weighted by molar-refractivity contribution is 1.13. The van der Waals surface area contributed by atoms with Crippen LogP contribution in [0, 0.1) is 13.8 Å². The van der Waals surface area contributed by atoms with Crippen LogP contribution in [0.1, 0.15) is 10.4 Å². The van der Waals surface area contributed by atoms with Gasteiger partial charge < -0.3 is 0 Å². The lowest BCUT2D eigenvalue weighted by atomic mass is 10.1. The van der Waals surface area contributed by atoms with Gasteiger partial charge >= 0.3 is 0 Å². The first-order chi connectivity index (χ1) is 9.63. The molecule has 0 fully saturated rings. The summed E-state index contributed by atoms with van der Waals surface area (Å²) in [5, 5.41) is 0.859. The summed E-state index contributed by atoms with van der Waals surface area (Å²) >= 11 is 5.12. The normalized spacial score (nSPS) is 10.8. The highest BCUT2D eigenvalue weighted by atomic mass is 79.9. The van der Waals surface area contributed by atoms with Gasteiger partial charge in [-0.15, -0.1) is 11.3 Å². The Morgan fingerprint density at radius 3 is 2.55 bits per heavy atom. The Hall–Kier alpha value is -1.59. The molecular weight excluding hydrogens is 334 g/mol. The van der Waals surface area contributed by atoms with Crippen molar-refractivity contribution in [3.05, 3.63) is 51.6 Å². The Kier molecular flexibility index (Phi) is 3.63. The van der Waals surface area contributed by atoms with Crippen molar-refractivity contribution in [2.24, 2.45) is 0 Å². The first-order valence-electron chi connectivity index (χ1n) is 6.16. The number of hydrogen-bond acceptors (Lipinski definition) is 4. The highest BCUT2D eigenvalue weighted by molar-refractivity contribution is 9.10. The number of rotatable bonds is 2. The lowest BCUT2D eigenvalue weighted by Gasteiger charge is -1.99. The highest BCUT2D eigenvalue weighted by Crippen LogP contribution is 2.32. The third-order valence-electron chi connectivity index (χ3n) is 2.87. The predicted molar refractivity (Wildman–Crippen MR) is 85.8 cm³/mol. The summed E-state index contributed by atoms with van der Waals surface area (Å²) < 4.78 is 1.05. The molecule has 0 radical (unpaired) electrons. The van der Waals surface area contributed by atoms with Gasteiger partial charge in [0.25, 0.3) is 0 Å². The molecule has 0 atom stereocenters. The molecule has 0 bridgehead atoms. The first kappa shape index (κ1) is 13.4. The van der Waals surface area contributed by atoms with Crippen LogP contribution in [0.4, 0.5) is 0 Å². The van der Waals surface area contributed by atoms with Crippen LogP contribution < -0.4 is 0 Å². The number of aryl methyl sites for hydroxylation is 2. The van der Waals surface area contributed by atoms with Crippen molar-refractivity contribution in [2.45, 2.75) is 13.8 Å². The lowest BCUT2D eigenvalue weighted by Crippen LogP contribution is -1.88. The van der Waals surface area contributed by atoms with E-state index in [0.29, 0.717) is 5.82 Å². The zero-order valence-electron chi connectivity index (χ0n) is 11.1. The third kappa shape index (κ3) is 2.64. The van der Waals surface area contributed by atoms with Crippen molar-refractivity contribution in [3.63, 3.8) is 0 Å². The molecule has 2 aromatic heterocycles. The van der Waals surface area contributed by atoms with Crippen molar-refractivity contribution < 1.29 is 0 Å². The molecule has 0 saturated carbocycles. The maximum Gasteiger partial charge on any atom is 0.188 e. The quantitative estimate of drug-likeness (QED) is 0.678. The van der Waals surface area contributed by atoms with E-state index in [-0.39, 0.29) is 0 Å². The van der Waals surface area contributed by atoms with Crippen molar-refractivity contribution >= 4 is 27.3 Å². The summed E-state index contributed by atoms with van der Waals surface area (Å²) in [5.41, 5.74) is 3.15. The molecule has 100 valence electrons. The first-order valence-corrected chi connectivity index (χ1v) is 7.77. The van der Waals surface area contributed by atoms with Crippen molar-refractivity contribution in [1.82, 2.24) is 15.0 Å². The predicted octanol–water partition coefficient (Wildman–Crippen LogP) is 4.65. The van der Waals surface area contributed by atoms with Gasteiger partial charge in [0.15, 0.2) is 10.8 Å². The van der Waals surface area contributed by atoms with Gasteiger partial charge in [-0.2, -0.15) is 0 Å². The summed E-state index contributed by atoms with van der Waals surface area (Å²) in [6.45, 7) is 4.05. The number of nitrogens with zero attached hydrogens (tertiary/aromatic N) is 3. The molecule has 1 aromatic carbocycles. The van der Waals surface area contributed by atoms with Gasteiger partial charge in [0.1, 0.15) is 0 Å². The zero-order valence-corrected chi connectivity index (χ0v) is 13.5. The van der Waals surface area contributed by atoms with Gasteiger partial charge in [0.05, 0.1) is 5.69 Å². The second kappa shape index (κ2) is 5.42. The summed E-state index contributed by atoms with van der Waals surface area (Å²) in [5.74, 6) is 0.685. The minimum absolute atomic E-state index is 0.685. The van der Waals surface area contributed by atoms with E-state index in [1.165, 1.54) is 4.88 Å². The van der Waals surface area contributed by atoms with Crippen molar-refractivity contribution in [1.29, 1.82) is 0 Å². The van der Waals surface area contributed by atoms with Crippen molar-refractivity contribution in [3.8, 4) is 22.1 Å². The molecule has 3 aromatic rings. The second-order valence-corrected chi connectivity index (χ2v) is 6.64. The summed E-state index contributed by atoms with van der Waals surface area (Å²) in [7, 11) is 0. The number of hydrogen-bond donors (Lipinski definition) is 0. The standard InChI is InChI=1S/C15H12BrN3S/c1-9-7-17-14(18-8-9)15-19-13(10(2)20-15)11-4-3-5-12(16)6-11/h3-8H,1-2H3. The molecule has 0 N–H and O–H groups in total. The Morgan fingerprint density at radius 2 is 1.85 bits per heavy atom. The van der Waals surface area contributed by atoms with Gasteiger partial charge in [-0.1, -0.05) is 28.1 Å². The Morgan fingerprint density at radius 1 is 1.10 bits per heavy atom. The molecule has 20 heavy (non-hydrogen) atoms. The number of halogens is 1. The summed E-state index contributed by atoms with van der Waals surface area (Å²) in [6, 6.07) is 8.16. The molecule has 0 saturated heterocycles. The fourth-order valence-electron chi connectivity index (χ4n) is 1.90. The van der Waals surface area contributed by atoms with Crippen LogP contribution in [0.5, 0.6) is 0 Å². The second-order valence-electron chi connectivity index (χ2n) is 4.52. The number of benzene rings is 1. The van der Waals surface area contributed by atoms with E-state index in [2.05, 4.69) is 45.0 Å². The van der Waals surface area contributed by atoms with Gasteiger partial charge in [-0.25, -0.2) is 15.0 Å². The van der Waals surface area contributed by atoms with Gasteiger partial charge in [-0.05, 0) is 31.5 Å². The molecule has 0 spiro atoms. The average molecular weight is 346 g/mol. The minimum Gasteiger partial charge on any atom is -0.234 e. The molecule has 0 amide bonds. The minimum atomic E-state index is 0.685. The van der Waals surface area contributed by atoms with E-state index >= 15 is 0 Å². The molecule has 0 aliphatic heterocycles. The van der Waals surface area contributed by atoms with Crippen LogP contribution in [-0.2, 0) is 0 Å². The summed E-state index contributed by atoms with van der Waals surface area (Å²) in [4.78, 5) is 14.5. The smallest absolute Gasteiger partial charge is 0.188 e. The summed E-state index contributed by atoms with van der Waals surface area (Å²) in [6.07, 6.45) is 3.63. The van der Waals surface area contributed by atoms with Crippen LogP contribution >= 0.6 is 27.3 Å². The Balaban J connectivity index is 2.05. The molecule has 5 heteroatoms. The van der Waals surface area contributed by atoms with Gasteiger partial charge in [-0.3, -0.25) is 0 Å². The SMILES string of the molecule is Cc1cnc(-c2nc(-c3cccc(Br)c3)c(C)s2)nc1. The van der Waals surface area contributed by atoms with E-state index in [0.717, 1.165) is 26.3 Å².